The van der Waals surface area contributed by atoms with Gasteiger partial charge in [0.15, 0.2) is 0 Å². The highest BCUT2D eigenvalue weighted by molar-refractivity contribution is 7.84. The first-order valence-corrected chi connectivity index (χ1v) is 7.80. The second kappa shape index (κ2) is 8.24. The number of benzene rings is 1. The zero-order chi connectivity index (χ0) is 14.3. The summed E-state index contributed by atoms with van der Waals surface area (Å²) in [6.45, 7) is 2.40. The molecule has 108 valence electrons. The lowest BCUT2D eigenvalue weighted by atomic mass is 10.3. The van der Waals surface area contributed by atoms with Gasteiger partial charge in [-0.15, -0.1) is 0 Å². The number of aliphatic hydroxyl groups is 1. The number of ether oxygens (including phenoxy) is 1. The van der Waals surface area contributed by atoms with E-state index in [4.69, 9.17) is 4.74 Å². The molecular weight excluding hydrogens is 269 g/mol. The van der Waals surface area contributed by atoms with Crippen LogP contribution >= 0.6 is 0 Å². The lowest BCUT2D eigenvalue weighted by Crippen LogP contribution is -2.39. The Bertz CT molecular complexity index is 399. The highest BCUT2D eigenvalue weighted by Crippen LogP contribution is 2.11. The Hall–Kier alpha value is -0.980. The molecule has 0 amide bonds. The fraction of sp³-hybridized carbons (Fsp3) is 0.538. The Kier molecular flexibility index (Phi) is 6.97. The molecule has 0 saturated carbocycles. The predicted molar refractivity (Wildman–Crippen MR) is 74.3 cm³/mol. The van der Waals surface area contributed by atoms with Crippen LogP contribution in [0.25, 0.3) is 0 Å². The third kappa shape index (κ3) is 7.25. The number of hydrogen-bond acceptors (Lipinski definition) is 4. The highest BCUT2D eigenvalue weighted by Gasteiger charge is 2.09. The zero-order valence-electron chi connectivity index (χ0n) is 11.1. The molecule has 0 aromatic heterocycles. The quantitative estimate of drug-likeness (QED) is 0.747. The number of rotatable bonds is 8. The number of nitrogens with one attached hydrogen (secondary N) is 1. The molecule has 6 heteroatoms. The number of hydrogen-bond donors (Lipinski definition) is 2. The van der Waals surface area contributed by atoms with E-state index in [1.54, 1.807) is 6.26 Å². The van der Waals surface area contributed by atoms with E-state index in [2.05, 4.69) is 5.32 Å². The van der Waals surface area contributed by atoms with Gasteiger partial charge >= 0.3 is 0 Å². The van der Waals surface area contributed by atoms with Crippen molar-refractivity contribution in [1.29, 1.82) is 0 Å². The van der Waals surface area contributed by atoms with Crippen molar-refractivity contribution in [3.8, 4) is 5.75 Å². The molecule has 2 N–H and O–H groups in total. The van der Waals surface area contributed by atoms with Crippen LogP contribution in [0.4, 0.5) is 4.39 Å². The highest BCUT2D eigenvalue weighted by atomic mass is 32.2. The van der Waals surface area contributed by atoms with Crippen molar-refractivity contribution in [2.75, 3.05) is 25.2 Å². The van der Waals surface area contributed by atoms with Crippen LogP contribution in [-0.2, 0) is 10.8 Å². The van der Waals surface area contributed by atoms with Crippen molar-refractivity contribution in [1.82, 2.24) is 5.32 Å². The van der Waals surface area contributed by atoms with Crippen molar-refractivity contribution in [2.24, 2.45) is 0 Å². The molecule has 1 aromatic carbocycles. The fourth-order valence-corrected chi connectivity index (χ4v) is 2.35. The van der Waals surface area contributed by atoms with Crippen LogP contribution < -0.4 is 10.1 Å². The van der Waals surface area contributed by atoms with E-state index in [1.807, 2.05) is 6.92 Å². The van der Waals surface area contributed by atoms with Gasteiger partial charge in [-0.3, -0.25) is 4.21 Å². The molecule has 1 aromatic rings. The minimum absolute atomic E-state index is 0.0753. The monoisotopic (exact) mass is 289 g/mol. The SMILES string of the molecule is CC(CS(C)=O)NCC(O)COc1ccc(F)cc1. The topological polar surface area (TPSA) is 58.6 Å². The summed E-state index contributed by atoms with van der Waals surface area (Å²) >= 11 is 0. The number of halogens is 1. The molecule has 0 fully saturated rings. The van der Waals surface area contributed by atoms with Gasteiger partial charge in [-0.1, -0.05) is 0 Å². The molecule has 0 spiro atoms. The van der Waals surface area contributed by atoms with Gasteiger partial charge in [-0.2, -0.15) is 0 Å². The van der Waals surface area contributed by atoms with Gasteiger partial charge in [0.2, 0.25) is 0 Å². The van der Waals surface area contributed by atoms with E-state index < -0.39 is 16.9 Å². The van der Waals surface area contributed by atoms with E-state index in [1.165, 1.54) is 24.3 Å². The second-order valence-corrected chi connectivity index (χ2v) is 5.95. The van der Waals surface area contributed by atoms with Crippen molar-refractivity contribution in [3.63, 3.8) is 0 Å². The molecular formula is C13H20FNO3S. The Balaban J connectivity index is 2.22. The molecule has 0 saturated heterocycles. The summed E-state index contributed by atoms with van der Waals surface area (Å²) in [6.07, 6.45) is 0.976. The maximum Gasteiger partial charge on any atom is 0.123 e. The van der Waals surface area contributed by atoms with E-state index in [-0.39, 0.29) is 18.5 Å². The van der Waals surface area contributed by atoms with Crippen LogP contribution in [0.2, 0.25) is 0 Å². The molecule has 3 unspecified atom stereocenters. The van der Waals surface area contributed by atoms with Gasteiger partial charge in [0.1, 0.15) is 24.3 Å². The van der Waals surface area contributed by atoms with Crippen molar-refractivity contribution >= 4 is 10.8 Å². The molecule has 0 aliphatic heterocycles. The maximum absolute atomic E-state index is 12.7. The minimum atomic E-state index is -0.857. The van der Waals surface area contributed by atoms with Crippen LogP contribution in [0.3, 0.4) is 0 Å². The molecule has 4 nitrogen and oxygen atoms in total. The van der Waals surface area contributed by atoms with Crippen LogP contribution in [0.5, 0.6) is 5.75 Å². The van der Waals surface area contributed by atoms with Gasteiger partial charge in [0.25, 0.3) is 0 Å². The van der Waals surface area contributed by atoms with Crippen molar-refractivity contribution < 1.29 is 18.4 Å². The van der Waals surface area contributed by atoms with E-state index >= 15 is 0 Å². The van der Waals surface area contributed by atoms with Crippen LogP contribution in [0, 0.1) is 5.82 Å². The molecule has 0 aliphatic rings. The molecule has 0 aliphatic carbocycles. The van der Waals surface area contributed by atoms with Gasteiger partial charge in [-0.05, 0) is 31.2 Å². The van der Waals surface area contributed by atoms with Gasteiger partial charge in [0, 0.05) is 35.4 Å². The molecule has 19 heavy (non-hydrogen) atoms. The van der Waals surface area contributed by atoms with Crippen LogP contribution in [0.15, 0.2) is 24.3 Å². The average molecular weight is 289 g/mol. The Labute approximate surface area is 115 Å². The zero-order valence-corrected chi connectivity index (χ0v) is 12.0. The molecule has 0 bridgehead atoms. The first-order valence-electron chi connectivity index (χ1n) is 6.07. The van der Waals surface area contributed by atoms with Crippen molar-refractivity contribution in [3.05, 3.63) is 30.1 Å². The van der Waals surface area contributed by atoms with Gasteiger partial charge in [0.05, 0.1) is 0 Å². The lowest BCUT2D eigenvalue weighted by Gasteiger charge is -2.16. The Morgan fingerprint density at radius 1 is 1.42 bits per heavy atom. The van der Waals surface area contributed by atoms with E-state index in [0.717, 1.165) is 0 Å². The van der Waals surface area contributed by atoms with Crippen LogP contribution in [0.1, 0.15) is 6.92 Å². The molecule has 3 atom stereocenters. The Morgan fingerprint density at radius 2 is 2.05 bits per heavy atom. The van der Waals surface area contributed by atoms with Crippen LogP contribution in [-0.4, -0.2) is 46.6 Å². The summed E-state index contributed by atoms with van der Waals surface area (Å²) in [6, 6.07) is 5.71. The normalized spacial score (nSPS) is 15.8. The maximum atomic E-state index is 12.7. The third-order valence-corrected chi connectivity index (χ3v) is 3.41. The van der Waals surface area contributed by atoms with Crippen molar-refractivity contribution in [2.45, 2.75) is 19.1 Å². The first-order chi connectivity index (χ1) is 8.97. The average Bonchev–Trinajstić information content (AvgIpc) is 2.35. The van der Waals surface area contributed by atoms with E-state index in [9.17, 15) is 13.7 Å². The second-order valence-electron chi connectivity index (χ2n) is 4.47. The summed E-state index contributed by atoms with van der Waals surface area (Å²) in [7, 11) is -0.857. The largest absolute Gasteiger partial charge is 0.491 e. The minimum Gasteiger partial charge on any atom is -0.491 e. The molecule has 0 heterocycles. The van der Waals surface area contributed by atoms with Gasteiger partial charge < -0.3 is 15.2 Å². The summed E-state index contributed by atoms with van der Waals surface area (Å²) in [5, 5.41) is 12.8. The fourth-order valence-electron chi connectivity index (χ4n) is 1.53. The standard InChI is InChI=1S/C13H20FNO3S/c1-10(9-19(2)17)15-7-12(16)8-18-13-5-3-11(14)4-6-13/h3-6,10,12,15-16H,7-9H2,1-2H3. The number of aliphatic hydroxyl groups excluding tert-OH is 1. The predicted octanol–water partition coefficient (Wildman–Crippen LogP) is 0.922. The summed E-state index contributed by atoms with van der Waals surface area (Å²) < 4.78 is 29.0. The molecule has 1 rings (SSSR count). The summed E-state index contributed by atoms with van der Waals surface area (Å²) in [5.74, 6) is 0.741. The third-order valence-electron chi connectivity index (χ3n) is 2.44. The summed E-state index contributed by atoms with van der Waals surface area (Å²) in [4.78, 5) is 0. The summed E-state index contributed by atoms with van der Waals surface area (Å²) in [5.41, 5.74) is 0. The smallest absolute Gasteiger partial charge is 0.123 e. The molecule has 0 radical (unpaired) electrons. The van der Waals surface area contributed by atoms with E-state index in [0.29, 0.717) is 18.0 Å². The lowest BCUT2D eigenvalue weighted by molar-refractivity contribution is 0.105. The first kappa shape index (κ1) is 16.1. The van der Waals surface area contributed by atoms with Gasteiger partial charge in [-0.25, -0.2) is 4.39 Å². The Morgan fingerprint density at radius 3 is 2.63 bits per heavy atom.